The summed E-state index contributed by atoms with van der Waals surface area (Å²) >= 11 is 9.60. The minimum Gasteiger partial charge on any atom is -0.315 e. The van der Waals surface area contributed by atoms with Crippen molar-refractivity contribution in [3.63, 3.8) is 0 Å². The number of anilines is 1. The van der Waals surface area contributed by atoms with Crippen molar-refractivity contribution in [2.45, 2.75) is 26.8 Å². The van der Waals surface area contributed by atoms with Crippen LogP contribution in [0.4, 0.5) is 10.5 Å². The Morgan fingerprint density at radius 2 is 1.91 bits per heavy atom. The lowest BCUT2D eigenvalue weighted by atomic mass is 10.1. The number of benzene rings is 3. The summed E-state index contributed by atoms with van der Waals surface area (Å²) in [6.07, 6.45) is 0. The molecule has 4 rings (SSSR count). The summed E-state index contributed by atoms with van der Waals surface area (Å²) in [5.41, 5.74) is 2.57. The highest BCUT2D eigenvalue weighted by Gasteiger charge is 2.26. The standard InChI is InChI=1S/C26H24BrClN4O2/c1-4-31(26(34)29-20-9-7-8-18(27)15-20)17(3)24-30-22-11-6-5-10-21(22)25(33)32(24)23-13-12-19(28)14-16(23)2/h5-15,17H,4H2,1-3H3,(H,29,34). The van der Waals surface area contributed by atoms with E-state index >= 15 is 0 Å². The Morgan fingerprint density at radius 1 is 1.15 bits per heavy atom. The fraction of sp³-hybridized carbons (Fsp3) is 0.192. The van der Waals surface area contributed by atoms with Gasteiger partial charge in [-0.05, 0) is 74.9 Å². The van der Waals surface area contributed by atoms with Gasteiger partial charge in [-0.2, -0.15) is 0 Å². The molecule has 1 unspecified atom stereocenters. The minimum absolute atomic E-state index is 0.193. The van der Waals surface area contributed by atoms with E-state index in [-0.39, 0.29) is 11.6 Å². The molecule has 0 bridgehead atoms. The van der Waals surface area contributed by atoms with E-state index in [2.05, 4.69) is 21.2 Å². The van der Waals surface area contributed by atoms with Crippen LogP contribution < -0.4 is 10.9 Å². The van der Waals surface area contributed by atoms with Gasteiger partial charge in [-0.25, -0.2) is 9.78 Å². The lowest BCUT2D eigenvalue weighted by molar-refractivity contribution is 0.193. The van der Waals surface area contributed by atoms with Gasteiger partial charge in [-0.15, -0.1) is 0 Å². The first-order valence-corrected chi connectivity index (χ1v) is 12.1. The second-order valence-corrected chi connectivity index (χ2v) is 9.31. The number of aromatic nitrogens is 2. The number of hydrogen-bond donors (Lipinski definition) is 1. The average Bonchev–Trinajstić information content (AvgIpc) is 2.80. The number of nitrogens with one attached hydrogen (secondary N) is 1. The van der Waals surface area contributed by atoms with Gasteiger partial charge in [-0.3, -0.25) is 9.36 Å². The van der Waals surface area contributed by atoms with Gasteiger partial charge in [0.15, 0.2) is 0 Å². The molecule has 1 atom stereocenters. The Balaban J connectivity index is 1.84. The molecule has 6 nitrogen and oxygen atoms in total. The molecule has 1 N–H and O–H groups in total. The van der Waals surface area contributed by atoms with Crippen LogP contribution in [-0.4, -0.2) is 27.0 Å². The van der Waals surface area contributed by atoms with Gasteiger partial charge in [0, 0.05) is 21.7 Å². The molecule has 4 aromatic rings. The molecule has 174 valence electrons. The molecule has 0 aliphatic carbocycles. The van der Waals surface area contributed by atoms with Gasteiger partial charge in [0.2, 0.25) is 0 Å². The Kier molecular flexibility index (Phi) is 7.05. The first-order chi connectivity index (χ1) is 16.3. The summed E-state index contributed by atoms with van der Waals surface area (Å²) in [7, 11) is 0. The van der Waals surface area contributed by atoms with E-state index in [0.717, 1.165) is 10.0 Å². The summed E-state index contributed by atoms with van der Waals surface area (Å²) in [6, 6.07) is 19.2. The molecule has 1 heterocycles. The van der Waals surface area contributed by atoms with E-state index in [1.165, 1.54) is 0 Å². The summed E-state index contributed by atoms with van der Waals surface area (Å²) in [4.78, 5) is 33.4. The van der Waals surface area contributed by atoms with Crippen molar-refractivity contribution in [2.24, 2.45) is 0 Å². The summed E-state index contributed by atoms with van der Waals surface area (Å²) in [5, 5.41) is 4.03. The highest BCUT2D eigenvalue weighted by atomic mass is 79.9. The van der Waals surface area contributed by atoms with Crippen molar-refractivity contribution in [3.05, 3.63) is 98.0 Å². The summed E-state index contributed by atoms with van der Waals surface area (Å²) < 4.78 is 2.46. The molecule has 0 saturated carbocycles. The third-order valence-electron chi connectivity index (χ3n) is 5.72. The maximum absolute atomic E-state index is 13.7. The largest absolute Gasteiger partial charge is 0.322 e. The molecule has 0 saturated heterocycles. The lowest BCUT2D eigenvalue weighted by Gasteiger charge is -2.30. The lowest BCUT2D eigenvalue weighted by Crippen LogP contribution is -2.39. The molecule has 0 aliphatic rings. The number of para-hydroxylation sites is 1. The fourth-order valence-electron chi connectivity index (χ4n) is 4.03. The third-order valence-corrected chi connectivity index (χ3v) is 6.45. The van der Waals surface area contributed by atoms with Gasteiger partial charge in [0.05, 0.1) is 22.6 Å². The van der Waals surface area contributed by atoms with Crippen molar-refractivity contribution in [2.75, 3.05) is 11.9 Å². The molecular weight excluding hydrogens is 516 g/mol. The Morgan fingerprint density at radius 3 is 2.62 bits per heavy atom. The van der Waals surface area contributed by atoms with Crippen LogP contribution in [0.1, 0.15) is 31.3 Å². The van der Waals surface area contributed by atoms with Crippen LogP contribution in [0.5, 0.6) is 0 Å². The minimum atomic E-state index is -0.496. The monoisotopic (exact) mass is 538 g/mol. The number of amides is 2. The highest BCUT2D eigenvalue weighted by molar-refractivity contribution is 9.10. The van der Waals surface area contributed by atoms with Crippen LogP contribution >= 0.6 is 27.5 Å². The van der Waals surface area contributed by atoms with Crippen molar-refractivity contribution < 1.29 is 4.79 Å². The molecule has 2 amide bonds. The maximum atomic E-state index is 13.7. The smallest absolute Gasteiger partial charge is 0.315 e. The second kappa shape index (κ2) is 9.99. The van der Waals surface area contributed by atoms with Crippen molar-refractivity contribution in [1.29, 1.82) is 0 Å². The Hall–Kier alpha value is -3.16. The number of urea groups is 1. The van der Waals surface area contributed by atoms with Crippen LogP contribution in [0.2, 0.25) is 5.02 Å². The first-order valence-electron chi connectivity index (χ1n) is 10.9. The van der Waals surface area contributed by atoms with Gasteiger partial charge in [0.25, 0.3) is 5.56 Å². The molecule has 8 heteroatoms. The van der Waals surface area contributed by atoms with E-state index in [0.29, 0.717) is 39.7 Å². The van der Waals surface area contributed by atoms with E-state index in [1.807, 2.05) is 75.4 Å². The Bertz CT molecular complexity index is 1440. The molecule has 0 fully saturated rings. The number of carbonyl (C=O) groups excluding carboxylic acids is 1. The number of halogens is 2. The van der Waals surface area contributed by atoms with Crippen molar-refractivity contribution >= 4 is 50.2 Å². The quantitative estimate of drug-likeness (QED) is 0.306. The zero-order chi connectivity index (χ0) is 24.4. The predicted molar refractivity (Wildman–Crippen MR) is 141 cm³/mol. The number of aryl methyl sites for hydroxylation is 1. The van der Waals surface area contributed by atoms with E-state index < -0.39 is 6.04 Å². The fourth-order valence-corrected chi connectivity index (χ4v) is 4.65. The first kappa shape index (κ1) is 24.0. The second-order valence-electron chi connectivity index (χ2n) is 7.96. The maximum Gasteiger partial charge on any atom is 0.322 e. The highest BCUT2D eigenvalue weighted by Crippen LogP contribution is 2.26. The van der Waals surface area contributed by atoms with Crippen molar-refractivity contribution in [1.82, 2.24) is 14.5 Å². The number of hydrogen-bond acceptors (Lipinski definition) is 3. The van der Waals surface area contributed by atoms with Crippen LogP contribution in [0.25, 0.3) is 16.6 Å². The molecule has 3 aromatic carbocycles. The van der Waals surface area contributed by atoms with Crippen LogP contribution in [0.15, 0.2) is 76.0 Å². The van der Waals surface area contributed by atoms with E-state index in [1.54, 1.807) is 21.6 Å². The van der Waals surface area contributed by atoms with E-state index in [4.69, 9.17) is 16.6 Å². The van der Waals surface area contributed by atoms with Gasteiger partial charge in [-0.1, -0.05) is 45.7 Å². The zero-order valence-corrected chi connectivity index (χ0v) is 21.4. The summed E-state index contributed by atoms with van der Waals surface area (Å²) in [5.74, 6) is 0.473. The normalized spacial score (nSPS) is 11.9. The zero-order valence-electron chi connectivity index (χ0n) is 19.0. The topological polar surface area (TPSA) is 67.2 Å². The van der Waals surface area contributed by atoms with Crippen LogP contribution in [0, 0.1) is 6.92 Å². The molecule has 0 radical (unpaired) electrons. The number of nitrogens with zero attached hydrogens (tertiary/aromatic N) is 3. The molecule has 0 aliphatic heterocycles. The molecule has 34 heavy (non-hydrogen) atoms. The third kappa shape index (κ3) is 4.72. The number of rotatable bonds is 5. The van der Waals surface area contributed by atoms with Gasteiger partial charge < -0.3 is 10.2 Å². The van der Waals surface area contributed by atoms with Gasteiger partial charge >= 0.3 is 6.03 Å². The van der Waals surface area contributed by atoms with Crippen LogP contribution in [0.3, 0.4) is 0 Å². The predicted octanol–water partition coefficient (Wildman–Crippen LogP) is 6.73. The van der Waals surface area contributed by atoms with Gasteiger partial charge in [0.1, 0.15) is 5.82 Å². The SMILES string of the molecule is CCN(C(=O)Nc1cccc(Br)c1)C(C)c1nc2ccccc2c(=O)n1-c1ccc(Cl)cc1C. The van der Waals surface area contributed by atoms with E-state index in [9.17, 15) is 9.59 Å². The number of carbonyl (C=O) groups is 1. The van der Waals surface area contributed by atoms with Crippen LogP contribution in [-0.2, 0) is 0 Å². The molecule has 1 aromatic heterocycles. The number of fused-ring (bicyclic) bond motifs is 1. The average molecular weight is 540 g/mol. The molecule has 0 spiro atoms. The van der Waals surface area contributed by atoms with Crippen molar-refractivity contribution in [3.8, 4) is 5.69 Å². The summed E-state index contributed by atoms with van der Waals surface area (Å²) in [6.45, 7) is 6.09. The Labute approximate surface area is 211 Å². The molecular formula is C26H24BrClN4O2.